The predicted octanol–water partition coefficient (Wildman–Crippen LogP) is 3.44. The summed E-state index contributed by atoms with van der Waals surface area (Å²) < 4.78 is 5.44. The van der Waals surface area contributed by atoms with Crippen LogP contribution < -0.4 is 5.73 Å². The zero-order chi connectivity index (χ0) is 11.3. The normalized spacial score (nSPS) is 10.9. The van der Waals surface area contributed by atoms with Crippen LogP contribution >= 0.6 is 23.4 Å². The summed E-state index contributed by atoms with van der Waals surface area (Å²) in [5, 5.41) is 0.713. The van der Waals surface area contributed by atoms with Crippen molar-refractivity contribution in [3.63, 3.8) is 0 Å². The molecule has 2 N–H and O–H groups in total. The van der Waals surface area contributed by atoms with Gasteiger partial charge in [-0.2, -0.15) is 0 Å². The van der Waals surface area contributed by atoms with E-state index < -0.39 is 0 Å². The van der Waals surface area contributed by atoms with Gasteiger partial charge in [-0.3, -0.25) is 0 Å². The summed E-state index contributed by atoms with van der Waals surface area (Å²) >= 11 is 7.71. The van der Waals surface area contributed by atoms with Crippen molar-refractivity contribution in [3.8, 4) is 0 Å². The van der Waals surface area contributed by atoms with Crippen LogP contribution in [0.3, 0.4) is 0 Å². The largest absolute Gasteiger partial charge is 0.399 e. The topological polar surface area (TPSA) is 35.2 Å². The van der Waals surface area contributed by atoms with E-state index >= 15 is 0 Å². The van der Waals surface area contributed by atoms with Crippen molar-refractivity contribution in [2.24, 2.45) is 0 Å². The van der Waals surface area contributed by atoms with E-state index in [-0.39, 0.29) is 6.10 Å². The van der Waals surface area contributed by atoms with Crippen LogP contribution in [-0.4, -0.2) is 18.5 Å². The fourth-order valence-corrected chi connectivity index (χ4v) is 2.18. The second kappa shape index (κ2) is 6.26. The summed E-state index contributed by atoms with van der Waals surface area (Å²) in [6, 6.07) is 5.57. The molecule has 0 spiro atoms. The highest BCUT2D eigenvalue weighted by Crippen LogP contribution is 2.28. The molecular formula is C11H16ClNOS. The van der Waals surface area contributed by atoms with Crippen LogP contribution in [0.15, 0.2) is 23.1 Å². The molecule has 15 heavy (non-hydrogen) atoms. The molecule has 84 valence electrons. The number of hydrogen-bond acceptors (Lipinski definition) is 3. The van der Waals surface area contributed by atoms with Crippen LogP contribution in [0.5, 0.6) is 0 Å². The average Bonchev–Trinajstić information content (AvgIpc) is 2.14. The third kappa shape index (κ3) is 4.78. The van der Waals surface area contributed by atoms with Crippen LogP contribution in [0.1, 0.15) is 13.8 Å². The van der Waals surface area contributed by atoms with Crippen LogP contribution in [-0.2, 0) is 4.74 Å². The lowest BCUT2D eigenvalue weighted by Gasteiger charge is -2.08. The number of nitrogens with two attached hydrogens (primary N) is 1. The zero-order valence-electron chi connectivity index (χ0n) is 9.00. The lowest BCUT2D eigenvalue weighted by Crippen LogP contribution is -2.05. The lowest BCUT2D eigenvalue weighted by molar-refractivity contribution is 0.0920. The summed E-state index contributed by atoms with van der Waals surface area (Å²) in [7, 11) is 0. The quantitative estimate of drug-likeness (QED) is 0.490. The molecule has 0 amide bonds. The Morgan fingerprint density at radius 2 is 2.20 bits per heavy atom. The molecule has 0 atom stereocenters. The van der Waals surface area contributed by atoms with E-state index in [0.29, 0.717) is 10.7 Å². The molecule has 0 fully saturated rings. The Kier molecular flexibility index (Phi) is 5.29. The minimum atomic E-state index is 0.285. The fourth-order valence-electron chi connectivity index (χ4n) is 1.07. The van der Waals surface area contributed by atoms with E-state index in [1.807, 2.05) is 26.0 Å². The minimum Gasteiger partial charge on any atom is -0.399 e. The molecule has 0 aliphatic heterocycles. The van der Waals surface area contributed by atoms with Crippen molar-refractivity contribution in [1.29, 1.82) is 0 Å². The van der Waals surface area contributed by atoms with Crippen molar-refractivity contribution in [3.05, 3.63) is 23.2 Å². The molecule has 1 rings (SSSR count). The SMILES string of the molecule is CC(C)OCCSc1ccc(N)cc1Cl. The van der Waals surface area contributed by atoms with Gasteiger partial charge in [0.05, 0.1) is 17.7 Å². The molecule has 2 nitrogen and oxygen atoms in total. The molecule has 0 bridgehead atoms. The van der Waals surface area contributed by atoms with Gasteiger partial charge in [0.25, 0.3) is 0 Å². The second-order valence-corrected chi connectivity index (χ2v) is 5.00. The highest BCUT2D eigenvalue weighted by Gasteiger charge is 2.01. The van der Waals surface area contributed by atoms with Crippen molar-refractivity contribution in [1.82, 2.24) is 0 Å². The van der Waals surface area contributed by atoms with E-state index in [4.69, 9.17) is 22.1 Å². The van der Waals surface area contributed by atoms with Gasteiger partial charge >= 0.3 is 0 Å². The average molecular weight is 246 g/mol. The van der Waals surface area contributed by atoms with E-state index in [1.165, 1.54) is 0 Å². The Morgan fingerprint density at radius 3 is 2.80 bits per heavy atom. The molecule has 4 heteroatoms. The summed E-state index contributed by atoms with van der Waals surface area (Å²) in [6.07, 6.45) is 0.285. The van der Waals surface area contributed by atoms with Crippen molar-refractivity contribution >= 4 is 29.1 Å². The highest BCUT2D eigenvalue weighted by molar-refractivity contribution is 7.99. The Morgan fingerprint density at radius 1 is 1.47 bits per heavy atom. The van der Waals surface area contributed by atoms with Gasteiger partial charge in [0.2, 0.25) is 0 Å². The molecule has 0 radical (unpaired) electrons. The van der Waals surface area contributed by atoms with Gasteiger partial charge in [-0.25, -0.2) is 0 Å². The monoisotopic (exact) mass is 245 g/mol. The van der Waals surface area contributed by atoms with E-state index in [2.05, 4.69) is 0 Å². The molecule has 0 aliphatic rings. The maximum absolute atomic E-state index is 6.03. The molecule has 0 saturated heterocycles. The summed E-state index contributed by atoms with van der Waals surface area (Å²) in [4.78, 5) is 1.05. The fraction of sp³-hybridized carbons (Fsp3) is 0.455. The number of ether oxygens (including phenoxy) is 1. The van der Waals surface area contributed by atoms with Gasteiger partial charge in [-0.15, -0.1) is 11.8 Å². The van der Waals surface area contributed by atoms with Gasteiger partial charge in [0, 0.05) is 16.3 Å². The summed E-state index contributed by atoms with van der Waals surface area (Å²) in [5.74, 6) is 0.905. The Labute approximate surface area is 100 Å². The summed E-state index contributed by atoms with van der Waals surface area (Å²) in [6.45, 7) is 4.80. The molecule has 0 saturated carbocycles. The van der Waals surface area contributed by atoms with Crippen LogP contribution in [0.4, 0.5) is 5.69 Å². The third-order valence-corrected chi connectivity index (χ3v) is 3.21. The first-order valence-corrected chi connectivity index (χ1v) is 6.25. The van der Waals surface area contributed by atoms with E-state index in [1.54, 1.807) is 17.8 Å². The zero-order valence-corrected chi connectivity index (χ0v) is 10.6. The molecule has 0 heterocycles. The number of hydrogen-bond donors (Lipinski definition) is 1. The van der Waals surface area contributed by atoms with E-state index in [0.717, 1.165) is 17.3 Å². The van der Waals surface area contributed by atoms with Gasteiger partial charge in [0.1, 0.15) is 0 Å². The molecule has 1 aromatic carbocycles. The number of nitrogen functional groups attached to an aromatic ring is 1. The first kappa shape index (κ1) is 12.7. The first-order valence-electron chi connectivity index (χ1n) is 4.89. The van der Waals surface area contributed by atoms with Crippen molar-refractivity contribution < 1.29 is 4.74 Å². The van der Waals surface area contributed by atoms with Crippen LogP contribution in [0, 0.1) is 0 Å². The molecule has 0 aromatic heterocycles. The maximum atomic E-state index is 6.03. The van der Waals surface area contributed by atoms with Gasteiger partial charge in [-0.05, 0) is 32.0 Å². The maximum Gasteiger partial charge on any atom is 0.0563 e. The van der Waals surface area contributed by atoms with E-state index in [9.17, 15) is 0 Å². The van der Waals surface area contributed by atoms with Crippen molar-refractivity contribution in [2.75, 3.05) is 18.1 Å². The smallest absolute Gasteiger partial charge is 0.0563 e. The van der Waals surface area contributed by atoms with Gasteiger partial charge < -0.3 is 10.5 Å². The Balaban J connectivity index is 2.37. The van der Waals surface area contributed by atoms with Crippen LogP contribution in [0.2, 0.25) is 5.02 Å². The molecular weight excluding hydrogens is 230 g/mol. The summed E-state index contributed by atoms with van der Waals surface area (Å²) in [5.41, 5.74) is 6.30. The standard InChI is InChI=1S/C11H16ClNOS/c1-8(2)14-5-6-15-11-4-3-9(13)7-10(11)12/h3-4,7-8H,5-6,13H2,1-2H3. The third-order valence-electron chi connectivity index (χ3n) is 1.75. The number of rotatable bonds is 5. The Hall–Kier alpha value is -0.380. The Bertz CT molecular complexity index is 317. The number of anilines is 1. The number of benzene rings is 1. The minimum absolute atomic E-state index is 0.285. The van der Waals surface area contributed by atoms with Gasteiger partial charge in [0.15, 0.2) is 0 Å². The highest BCUT2D eigenvalue weighted by atomic mass is 35.5. The lowest BCUT2D eigenvalue weighted by atomic mass is 10.3. The number of halogens is 1. The van der Waals surface area contributed by atoms with Gasteiger partial charge in [-0.1, -0.05) is 11.6 Å². The van der Waals surface area contributed by atoms with Crippen LogP contribution in [0.25, 0.3) is 0 Å². The number of thioether (sulfide) groups is 1. The first-order chi connectivity index (χ1) is 7.09. The molecule has 1 aromatic rings. The molecule has 0 unspecified atom stereocenters. The van der Waals surface area contributed by atoms with Crippen molar-refractivity contribution in [2.45, 2.75) is 24.8 Å². The second-order valence-electron chi connectivity index (χ2n) is 3.46. The predicted molar refractivity (Wildman–Crippen MR) is 67.7 cm³/mol. The molecule has 0 aliphatic carbocycles.